The Hall–Kier alpha value is -2.22. The molecular formula is C15H17F2N3O3. The second-order valence-corrected chi connectivity index (χ2v) is 5.99. The third kappa shape index (κ3) is 2.98. The van der Waals surface area contributed by atoms with Crippen LogP contribution in [-0.4, -0.2) is 31.2 Å². The summed E-state index contributed by atoms with van der Waals surface area (Å²) in [6, 6.07) is 2.18. The zero-order chi connectivity index (χ0) is 16.8. The van der Waals surface area contributed by atoms with Crippen LogP contribution in [0.4, 0.5) is 19.3 Å². The lowest BCUT2D eigenvalue weighted by atomic mass is 10.0. The third-order valence-electron chi connectivity index (χ3n) is 4.08. The number of rotatable bonds is 4. The number of benzene rings is 1. The van der Waals surface area contributed by atoms with Crippen LogP contribution in [0.5, 0.6) is 0 Å². The molecule has 1 saturated carbocycles. The molecule has 0 aromatic heterocycles. The van der Waals surface area contributed by atoms with Crippen molar-refractivity contribution in [1.29, 1.82) is 0 Å². The summed E-state index contributed by atoms with van der Waals surface area (Å²) in [6.45, 7) is 1.59. The highest BCUT2D eigenvalue weighted by atomic mass is 19.1. The Morgan fingerprint density at radius 2 is 2.04 bits per heavy atom. The van der Waals surface area contributed by atoms with E-state index in [1.54, 1.807) is 0 Å². The molecule has 3 N–H and O–H groups in total. The summed E-state index contributed by atoms with van der Waals surface area (Å²) < 4.78 is 33.5. The van der Waals surface area contributed by atoms with Crippen molar-refractivity contribution >= 4 is 17.7 Å². The van der Waals surface area contributed by atoms with Crippen LogP contribution in [0, 0.1) is 11.6 Å². The number of halogens is 2. The van der Waals surface area contributed by atoms with Crippen molar-refractivity contribution in [1.82, 2.24) is 5.32 Å². The molecule has 2 fully saturated rings. The standard InChI is InChI=1S/C15H17F2N3O3/c1-8(21)19-6-10-7-20(14(22)23-10)9-4-11(16)13(12(17)5-9)15(18)2-3-15/h4-5,10H,2-3,6-7,18H2,1H3,(H,19,21). The van der Waals surface area contributed by atoms with Gasteiger partial charge in [0, 0.05) is 18.0 Å². The molecule has 1 heterocycles. The molecule has 1 aliphatic carbocycles. The smallest absolute Gasteiger partial charge is 0.414 e. The summed E-state index contributed by atoms with van der Waals surface area (Å²) in [6.07, 6.45) is -0.211. The van der Waals surface area contributed by atoms with Crippen LogP contribution < -0.4 is 16.0 Å². The normalized spacial score (nSPS) is 22.0. The van der Waals surface area contributed by atoms with Crippen molar-refractivity contribution < 1.29 is 23.1 Å². The first kappa shape index (κ1) is 15.7. The average molecular weight is 325 g/mol. The Labute approximate surface area is 131 Å². The van der Waals surface area contributed by atoms with Gasteiger partial charge in [0.25, 0.3) is 0 Å². The van der Waals surface area contributed by atoms with Crippen LogP contribution in [0.1, 0.15) is 25.3 Å². The van der Waals surface area contributed by atoms with E-state index >= 15 is 0 Å². The molecule has 124 valence electrons. The molecule has 1 aromatic carbocycles. The number of nitrogens with zero attached hydrogens (tertiary/aromatic N) is 1. The maximum Gasteiger partial charge on any atom is 0.414 e. The molecule has 1 aromatic rings. The Morgan fingerprint density at radius 1 is 1.43 bits per heavy atom. The fourth-order valence-electron chi connectivity index (χ4n) is 2.67. The monoisotopic (exact) mass is 325 g/mol. The lowest BCUT2D eigenvalue weighted by Crippen LogP contribution is -2.33. The molecule has 23 heavy (non-hydrogen) atoms. The number of carbonyl (C=O) groups is 2. The Bertz CT molecular complexity index is 653. The van der Waals surface area contributed by atoms with Crippen molar-refractivity contribution in [3.05, 3.63) is 29.3 Å². The summed E-state index contributed by atoms with van der Waals surface area (Å²) in [5, 5.41) is 2.53. The number of nitrogens with one attached hydrogen (secondary N) is 1. The summed E-state index contributed by atoms with van der Waals surface area (Å²) in [5.74, 6) is -1.78. The van der Waals surface area contributed by atoms with Crippen LogP contribution >= 0.6 is 0 Å². The molecule has 2 aliphatic rings. The van der Waals surface area contributed by atoms with E-state index in [9.17, 15) is 18.4 Å². The van der Waals surface area contributed by atoms with Gasteiger partial charge in [0.1, 0.15) is 17.7 Å². The van der Waals surface area contributed by atoms with Gasteiger partial charge in [-0.25, -0.2) is 13.6 Å². The Morgan fingerprint density at radius 3 is 2.57 bits per heavy atom. The molecule has 0 spiro atoms. The molecule has 1 atom stereocenters. The minimum atomic E-state index is -0.938. The first-order valence-electron chi connectivity index (χ1n) is 7.31. The van der Waals surface area contributed by atoms with Crippen molar-refractivity contribution in [2.45, 2.75) is 31.4 Å². The van der Waals surface area contributed by atoms with Crippen molar-refractivity contribution in [2.75, 3.05) is 18.0 Å². The maximum atomic E-state index is 14.2. The molecular weight excluding hydrogens is 308 g/mol. The number of carbonyl (C=O) groups excluding carboxylic acids is 2. The second-order valence-electron chi connectivity index (χ2n) is 5.99. The zero-order valence-electron chi connectivity index (χ0n) is 12.6. The molecule has 3 rings (SSSR count). The highest BCUT2D eigenvalue weighted by Gasteiger charge is 2.45. The predicted octanol–water partition coefficient (Wildman–Crippen LogP) is 1.37. The van der Waals surface area contributed by atoms with Crippen LogP contribution in [0.3, 0.4) is 0 Å². The van der Waals surface area contributed by atoms with Gasteiger partial charge >= 0.3 is 6.09 Å². The molecule has 2 amide bonds. The molecule has 0 radical (unpaired) electrons. The quantitative estimate of drug-likeness (QED) is 0.876. The number of anilines is 1. The van der Waals surface area contributed by atoms with E-state index in [0.717, 1.165) is 17.0 Å². The summed E-state index contributed by atoms with van der Waals surface area (Å²) in [4.78, 5) is 23.9. The Balaban J connectivity index is 1.79. The fraction of sp³-hybridized carbons (Fsp3) is 0.467. The molecule has 8 heteroatoms. The van der Waals surface area contributed by atoms with Gasteiger partial charge in [-0.15, -0.1) is 0 Å². The van der Waals surface area contributed by atoms with Gasteiger partial charge in [-0.2, -0.15) is 0 Å². The second kappa shape index (κ2) is 5.45. The predicted molar refractivity (Wildman–Crippen MR) is 77.8 cm³/mol. The lowest BCUT2D eigenvalue weighted by Gasteiger charge is -2.17. The molecule has 6 nitrogen and oxygen atoms in total. The summed E-state index contributed by atoms with van der Waals surface area (Å²) in [5.41, 5.74) is 4.86. The maximum absolute atomic E-state index is 14.2. The zero-order valence-corrected chi connectivity index (χ0v) is 12.6. The number of cyclic esters (lactones) is 1. The lowest BCUT2D eigenvalue weighted by molar-refractivity contribution is -0.119. The number of hydrogen-bond acceptors (Lipinski definition) is 4. The van der Waals surface area contributed by atoms with E-state index in [-0.39, 0.29) is 30.2 Å². The highest BCUT2D eigenvalue weighted by molar-refractivity contribution is 5.90. The number of amides is 2. The third-order valence-corrected chi connectivity index (χ3v) is 4.08. The number of hydrogen-bond donors (Lipinski definition) is 2. The van der Waals surface area contributed by atoms with Crippen LogP contribution in [0.25, 0.3) is 0 Å². The first-order chi connectivity index (χ1) is 10.8. The van der Waals surface area contributed by atoms with Crippen LogP contribution in [0.2, 0.25) is 0 Å². The van der Waals surface area contributed by atoms with Gasteiger partial charge in [0.2, 0.25) is 5.91 Å². The van der Waals surface area contributed by atoms with E-state index in [0.29, 0.717) is 12.8 Å². The van der Waals surface area contributed by atoms with Gasteiger partial charge in [0.05, 0.1) is 18.8 Å². The summed E-state index contributed by atoms with van der Waals surface area (Å²) >= 11 is 0. The van der Waals surface area contributed by atoms with Crippen LogP contribution in [-0.2, 0) is 15.1 Å². The Kier molecular flexibility index (Phi) is 3.71. The van der Waals surface area contributed by atoms with Gasteiger partial charge < -0.3 is 15.8 Å². The topological polar surface area (TPSA) is 84.7 Å². The molecule has 0 bridgehead atoms. The van der Waals surface area contributed by atoms with Crippen molar-refractivity contribution in [3.63, 3.8) is 0 Å². The first-order valence-corrected chi connectivity index (χ1v) is 7.31. The SMILES string of the molecule is CC(=O)NCC1CN(c2cc(F)c(C3(N)CC3)c(F)c2)C(=O)O1. The van der Waals surface area contributed by atoms with E-state index in [2.05, 4.69) is 5.32 Å². The highest BCUT2D eigenvalue weighted by Crippen LogP contribution is 2.45. The molecule has 1 saturated heterocycles. The van der Waals surface area contributed by atoms with Crippen LogP contribution in [0.15, 0.2) is 12.1 Å². The van der Waals surface area contributed by atoms with Crippen molar-refractivity contribution in [2.24, 2.45) is 5.73 Å². The van der Waals surface area contributed by atoms with E-state index in [1.165, 1.54) is 6.92 Å². The van der Waals surface area contributed by atoms with Gasteiger partial charge in [-0.05, 0) is 25.0 Å². The van der Waals surface area contributed by atoms with Gasteiger partial charge in [0.15, 0.2) is 0 Å². The number of nitrogens with two attached hydrogens (primary N) is 1. The largest absolute Gasteiger partial charge is 0.442 e. The molecule has 1 unspecified atom stereocenters. The average Bonchev–Trinajstić information content (AvgIpc) is 3.06. The summed E-state index contributed by atoms with van der Waals surface area (Å²) in [7, 11) is 0. The van der Waals surface area contributed by atoms with Gasteiger partial charge in [-0.3, -0.25) is 9.69 Å². The van der Waals surface area contributed by atoms with E-state index in [1.807, 2.05) is 0 Å². The van der Waals surface area contributed by atoms with E-state index < -0.39 is 29.4 Å². The fourth-order valence-corrected chi connectivity index (χ4v) is 2.67. The number of ether oxygens (including phenoxy) is 1. The van der Waals surface area contributed by atoms with Gasteiger partial charge in [-0.1, -0.05) is 0 Å². The minimum absolute atomic E-state index is 0.0725. The molecule has 1 aliphatic heterocycles. The minimum Gasteiger partial charge on any atom is -0.442 e. The van der Waals surface area contributed by atoms with Crippen molar-refractivity contribution in [3.8, 4) is 0 Å². The van der Waals surface area contributed by atoms with E-state index in [4.69, 9.17) is 10.5 Å².